The number of aromatic nitrogens is 1. The number of nitrogens with one attached hydrogen (secondary N) is 3. The summed E-state index contributed by atoms with van der Waals surface area (Å²) in [6, 6.07) is -0.736. The second-order valence-electron chi connectivity index (χ2n) is 11.9. The molecule has 1 fully saturated rings. The summed E-state index contributed by atoms with van der Waals surface area (Å²) < 4.78 is 11.7. The second kappa shape index (κ2) is 17.4. The fraction of sp³-hybridized carbons (Fsp3) is 0.733. The van der Waals surface area contributed by atoms with Gasteiger partial charge in [-0.15, -0.1) is 11.3 Å². The van der Waals surface area contributed by atoms with Crippen LogP contribution in [0.4, 0.5) is 0 Å². The third-order valence-electron chi connectivity index (χ3n) is 8.59. The first-order chi connectivity index (χ1) is 20.8. The van der Waals surface area contributed by atoms with E-state index in [-0.39, 0.29) is 42.6 Å². The van der Waals surface area contributed by atoms with Gasteiger partial charge in [0.1, 0.15) is 10.5 Å². The number of rotatable bonds is 18. The van der Waals surface area contributed by atoms with Gasteiger partial charge >= 0.3 is 0 Å². The predicted molar refractivity (Wildman–Crippen MR) is 166 cm³/mol. The standard InChI is InChI=1S/C30H50N6O7S/c1-9-19(2)26(35(6)25(39)17-33-29(41)30(4,5)34-18-37)22(42-7)15-24(38)36-13-10-11-21(36)27(43-8)20(3)28(40)32-16-23-31-12-14-44-23/h12,14,18-22,26-27H,9-11,13,15-17H2,1-8H3,(H,32,40)(H,33,41)(H,34,37). The molecule has 0 radical (unpaired) electrons. The van der Waals surface area contributed by atoms with Crippen molar-refractivity contribution in [3.63, 3.8) is 0 Å². The number of methoxy groups -OCH3 is 2. The number of nitrogens with zero attached hydrogens (tertiary/aromatic N) is 3. The molecule has 1 saturated heterocycles. The summed E-state index contributed by atoms with van der Waals surface area (Å²) >= 11 is 1.47. The van der Waals surface area contributed by atoms with Crippen LogP contribution in [0.25, 0.3) is 0 Å². The van der Waals surface area contributed by atoms with Crippen LogP contribution in [0.3, 0.4) is 0 Å². The summed E-state index contributed by atoms with van der Waals surface area (Å²) in [5, 5.41) is 10.6. The zero-order valence-corrected chi connectivity index (χ0v) is 28.1. The van der Waals surface area contributed by atoms with Gasteiger partial charge in [0.15, 0.2) is 0 Å². The molecule has 2 heterocycles. The number of likely N-dealkylation sites (tertiary alicyclic amines) is 1. The first kappa shape index (κ1) is 37.1. The molecule has 0 bridgehead atoms. The van der Waals surface area contributed by atoms with Crippen molar-refractivity contribution in [3.8, 4) is 0 Å². The molecule has 14 heteroatoms. The molecule has 6 unspecified atom stereocenters. The molecule has 1 aliphatic heterocycles. The van der Waals surface area contributed by atoms with Crippen LogP contribution in [-0.2, 0) is 40.0 Å². The maximum atomic E-state index is 13.8. The van der Waals surface area contributed by atoms with Gasteiger partial charge in [0.2, 0.25) is 30.0 Å². The zero-order valence-electron chi connectivity index (χ0n) is 27.3. The zero-order chi connectivity index (χ0) is 33.0. The van der Waals surface area contributed by atoms with Crippen molar-refractivity contribution < 1.29 is 33.4 Å². The summed E-state index contributed by atoms with van der Waals surface area (Å²) in [5.74, 6) is -1.68. The molecule has 0 spiro atoms. The Balaban J connectivity index is 2.12. The van der Waals surface area contributed by atoms with E-state index in [0.29, 0.717) is 25.9 Å². The average Bonchev–Trinajstić information content (AvgIpc) is 3.70. The molecule has 5 amide bonds. The molecular weight excluding hydrogens is 588 g/mol. The maximum Gasteiger partial charge on any atom is 0.245 e. The molecule has 1 aromatic rings. The minimum atomic E-state index is -1.18. The largest absolute Gasteiger partial charge is 0.379 e. The quantitative estimate of drug-likeness (QED) is 0.203. The summed E-state index contributed by atoms with van der Waals surface area (Å²) in [5.41, 5.74) is -1.18. The van der Waals surface area contributed by atoms with Crippen LogP contribution in [-0.4, -0.2) is 109 Å². The average molecular weight is 639 g/mol. The summed E-state index contributed by atoms with van der Waals surface area (Å²) in [6.45, 7) is 9.46. The fourth-order valence-corrected chi connectivity index (χ4v) is 6.26. The Kier molecular flexibility index (Phi) is 14.7. The van der Waals surface area contributed by atoms with Crippen molar-refractivity contribution in [2.24, 2.45) is 11.8 Å². The van der Waals surface area contributed by atoms with E-state index in [1.165, 1.54) is 37.2 Å². The van der Waals surface area contributed by atoms with Gasteiger partial charge in [-0.25, -0.2) is 4.98 Å². The Morgan fingerprint density at radius 2 is 1.91 bits per heavy atom. The number of thiazole rings is 1. The van der Waals surface area contributed by atoms with Gasteiger partial charge in [0.05, 0.1) is 49.7 Å². The minimum absolute atomic E-state index is 0.0202. The number of likely N-dealkylation sites (N-methyl/N-ethyl adjacent to an activating group) is 1. The number of amides is 5. The van der Waals surface area contributed by atoms with Crippen molar-refractivity contribution in [2.75, 3.05) is 34.4 Å². The van der Waals surface area contributed by atoms with Crippen molar-refractivity contribution >= 4 is 41.4 Å². The molecule has 0 aliphatic carbocycles. The van der Waals surface area contributed by atoms with E-state index in [1.54, 1.807) is 32.2 Å². The molecule has 2 rings (SSSR count). The second-order valence-corrected chi connectivity index (χ2v) is 12.8. The van der Waals surface area contributed by atoms with Crippen molar-refractivity contribution in [1.29, 1.82) is 0 Å². The van der Waals surface area contributed by atoms with E-state index in [1.807, 2.05) is 19.2 Å². The van der Waals surface area contributed by atoms with Crippen LogP contribution >= 0.6 is 11.3 Å². The van der Waals surface area contributed by atoms with Gasteiger partial charge in [-0.3, -0.25) is 24.0 Å². The van der Waals surface area contributed by atoms with E-state index in [4.69, 9.17) is 9.47 Å². The van der Waals surface area contributed by atoms with E-state index in [0.717, 1.165) is 17.8 Å². The lowest BCUT2D eigenvalue weighted by molar-refractivity contribution is -0.146. The number of hydrogen-bond acceptors (Lipinski definition) is 9. The van der Waals surface area contributed by atoms with Gasteiger partial charge in [0, 0.05) is 39.4 Å². The summed E-state index contributed by atoms with van der Waals surface area (Å²) in [6.07, 6.45) is 3.25. The third kappa shape index (κ3) is 9.70. The Hall–Kier alpha value is -3.10. The lowest BCUT2D eigenvalue weighted by atomic mass is 9.90. The van der Waals surface area contributed by atoms with Gasteiger partial charge in [0.25, 0.3) is 0 Å². The van der Waals surface area contributed by atoms with E-state index in [9.17, 15) is 24.0 Å². The summed E-state index contributed by atoms with van der Waals surface area (Å²) in [4.78, 5) is 70.9. The first-order valence-corrected chi connectivity index (χ1v) is 16.0. The topological polar surface area (TPSA) is 159 Å². The van der Waals surface area contributed by atoms with E-state index in [2.05, 4.69) is 20.9 Å². The molecule has 13 nitrogen and oxygen atoms in total. The lowest BCUT2D eigenvalue weighted by Gasteiger charge is -2.39. The maximum absolute atomic E-state index is 13.8. The van der Waals surface area contributed by atoms with Crippen LogP contribution in [0.15, 0.2) is 11.6 Å². The van der Waals surface area contributed by atoms with Gasteiger partial charge in [-0.05, 0) is 32.6 Å². The highest BCUT2D eigenvalue weighted by atomic mass is 32.1. The Bertz CT molecular complexity index is 1100. The number of hydrogen-bond donors (Lipinski definition) is 3. The van der Waals surface area contributed by atoms with Crippen molar-refractivity contribution in [1.82, 2.24) is 30.7 Å². The van der Waals surface area contributed by atoms with Crippen LogP contribution in [0.2, 0.25) is 0 Å². The highest BCUT2D eigenvalue weighted by Gasteiger charge is 2.42. The SMILES string of the molecule is CCC(C)C(C(CC(=O)N1CCCC1C(OC)C(C)C(=O)NCc1nccs1)OC)N(C)C(=O)CNC(=O)C(C)(C)NC=O. The number of carbonyl (C=O) groups excluding carboxylic acids is 5. The normalized spacial score (nSPS) is 18.5. The molecule has 3 N–H and O–H groups in total. The highest BCUT2D eigenvalue weighted by molar-refractivity contribution is 7.09. The molecule has 1 aromatic heterocycles. The van der Waals surface area contributed by atoms with Crippen LogP contribution in [0.1, 0.15) is 65.3 Å². The number of ether oxygens (including phenoxy) is 2. The Labute approximate surface area is 264 Å². The van der Waals surface area contributed by atoms with Gasteiger partial charge in [-0.2, -0.15) is 0 Å². The smallest absolute Gasteiger partial charge is 0.245 e. The molecule has 1 aliphatic rings. The van der Waals surface area contributed by atoms with Crippen molar-refractivity contribution in [2.45, 2.75) is 96.7 Å². The molecular formula is C30H50N6O7S. The molecule has 0 aromatic carbocycles. The Morgan fingerprint density at radius 3 is 2.48 bits per heavy atom. The number of carbonyl (C=O) groups is 5. The van der Waals surface area contributed by atoms with E-state index < -0.39 is 35.6 Å². The lowest BCUT2D eigenvalue weighted by Crippen LogP contribution is -2.56. The third-order valence-corrected chi connectivity index (χ3v) is 9.37. The fourth-order valence-electron chi connectivity index (χ4n) is 5.70. The van der Waals surface area contributed by atoms with Crippen LogP contribution in [0, 0.1) is 11.8 Å². The van der Waals surface area contributed by atoms with E-state index >= 15 is 0 Å². The summed E-state index contributed by atoms with van der Waals surface area (Å²) in [7, 11) is 4.72. The Morgan fingerprint density at radius 1 is 1.20 bits per heavy atom. The molecule has 0 saturated carbocycles. The predicted octanol–water partition coefficient (Wildman–Crippen LogP) is 1.32. The van der Waals surface area contributed by atoms with Crippen LogP contribution < -0.4 is 16.0 Å². The monoisotopic (exact) mass is 638 g/mol. The molecule has 248 valence electrons. The van der Waals surface area contributed by atoms with Gasteiger partial charge < -0.3 is 35.2 Å². The minimum Gasteiger partial charge on any atom is -0.379 e. The van der Waals surface area contributed by atoms with Crippen molar-refractivity contribution in [3.05, 3.63) is 16.6 Å². The van der Waals surface area contributed by atoms with Crippen LogP contribution in [0.5, 0.6) is 0 Å². The molecule has 6 atom stereocenters. The first-order valence-electron chi connectivity index (χ1n) is 15.1. The molecule has 44 heavy (non-hydrogen) atoms. The van der Waals surface area contributed by atoms with Gasteiger partial charge in [-0.1, -0.05) is 27.2 Å². The highest BCUT2D eigenvalue weighted by Crippen LogP contribution is 2.29.